The number of rotatable bonds is 13. The van der Waals surface area contributed by atoms with E-state index in [1.807, 2.05) is 30.5 Å². The van der Waals surface area contributed by atoms with Gasteiger partial charge in [0.1, 0.15) is 11.9 Å². The third-order valence-electron chi connectivity index (χ3n) is 7.02. The van der Waals surface area contributed by atoms with Crippen LogP contribution in [0.3, 0.4) is 0 Å². The maximum Gasteiger partial charge on any atom is 0.251 e. The van der Waals surface area contributed by atoms with E-state index in [0.717, 1.165) is 42.1 Å². The number of aryl methyl sites for hydroxylation is 2. The standard InChI is InChI=1S/C30H37FN4O2S2/c1-39-15-13-28(29(36)27-4-2-3-14-32-27)35-30(37)26-17-23(33-18-24-16-25(38)19-34-24)12-9-21(26)8-5-20-6-10-22(31)11-7-20/h2-4,6-7,9-12,14,17,24-25,28-29,33-34,36,38H,5,8,13,15-16,18-19H2,1H3,(H,35,37)/t24-,25-,28-,29?/m0/s1. The number of thioether (sulfide) groups is 1. The van der Waals surface area contributed by atoms with E-state index >= 15 is 0 Å². The van der Waals surface area contributed by atoms with Crippen LogP contribution in [0.25, 0.3) is 0 Å². The number of anilines is 1. The normalized spacial score (nSPS) is 18.5. The molecule has 1 saturated heterocycles. The number of aliphatic hydroxyl groups is 1. The number of carbonyl (C=O) groups is 1. The van der Waals surface area contributed by atoms with Crippen molar-refractivity contribution in [1.29, 1.82) is 0 Å². The molecule has 4 N–H and O–H groups in total. The lowest BCUT2D eigenvalue weighted by Crippen LogP contribution is -2.40. The Morgan fingerprint density at radius 3 is 2.72 bits per heavy atom. The van der Waals surface area contributed by atoms with Crippen LogP contribution in [0.1, 0.15) is 46.1 Å². The van der Waals surface area contributed by atoms with Crippen LogP contribution in [0.4, 0.5) is 10.1 Å². The summed E-state index contributed by atoms with van der Waals surface area (Å²) in [6.45, 7) is 1.63. The minimum absolute atomic E-state index is 0.233. The molecule has 1 aromatic heterocycles. The Morgan fingerprint density at radius 2 is 2.03 bits per heavy atom. The van der Waals surface area contributed by atoms with Gasteiger partial charge in [-0.2, -0.15) is 24.4 Å². The zero-order valence-electron chi connectivity index (χ0n) is 22.1. The van der Waals surface area contributed by atoms with E-state index in [2.05, 4.69) is 33.6 Å². The van der Waals surface area contributed by atoms with E-state index in [4.69, 9.17) is 0 Å². The first-order valence-corrected chi connectivity index (χ1v) is 15.3. The molecule has 39 heavy (non-hydrogen) atoms. The van der Waals surface area contributed by atoms with Crippen LogP contribution in [0.15, 0.2) is 66.9 Å². The summed E-state index contributed by atoms with van der Waals surface area (Å²) in [6.07, 6.45) is 5.61. The van der Waals surface area contributed by atoms with Gasteiger partial charge in [0.2, 0.25) is 0 Å². The molecule has 1 aliphatic rings. The first kappa shape index (κ1) is 29.4. The summed E-state index contributed by atoms with van der Waals surface area (Å²) < 4.78 is 13.4. The molecule has 1 unspecified atom stereocenters. The van der Waals surface area contributed by atoms with Crippen molar-refractivity contribution in [1.82, 2.24) is 15.6 Å². The van der Waals surface area contributed by atoms with Crippen molar-refractivity contribution < 1.29 is 14.3 Å². The van der Waals surface area contributed by atoms with Gasteiger partial charge in [0.15, 0.2) is 0 Å². The van der Waals surface area contributed by atoms with Crippen molar-refractivity contribution in [2.75, 3.05) is 30.4 Å². The van der Waals surface area contributed by atoms with Gasteiger partial charge in [0.05, 0.1) is 11.7 Å². The number of amides is 1. The SMILES string of the molecule is CSCC[C@H](NC(=O)c1cc(NC[C@@H]2C[C@H](S)CN2)ccc1CCc1ccc(F)cc1)C(O)c1ccccn1. The number of hydrogen-bond acceptors (Lipinski definition) is 7. The van der Waals surface area contributed by atoms with Crippen LogP contribution >= 0.6 is 24.4 Å². The molecule has 0 saturated carbocycles. The molecular weight excluding hydrogens is 531 g/mol. The molecule has 0 aliphatic carbocycles. The summed E-state index contributed by atoms with van der Waals surface area (Å²) in [7, 11) is 0. The van der Waals surface area contributed by atoms with Gasteiger partial charge in [-0.1, -0.05) is 24.3 Å². The monoisotopic (exact) mass is 568 g/mol. The number of halogens is 1. The molecule has 1 fully saturated rings. The number of carbonyl (C=O) groups excluding carboxylic acids is 1. The zero-order chi connectivity index (χ0) is 27.6. The molecule has 1 amide bonds. The van der Waals surface area contributed by atoms with Crippen LogP contribution in [0.2, 0.25) is 0 Å². The quantitative estimate of drug-likeness (QED) is 0.193. The van der Waals surface area contributed by atoms with Crippen LogP contribution in [0.5, 0.6) is 0 Å². The molecule has 4 atom stereocenters. The Balaban J connectivity index is 1.54. The number of aliphatic hydroxyl groups excluding tert-OH is 1. The minimum atomic E-state index is -0.922. The highest BCUT2D eigenvalue weighted by molar-refractivity contribution is 7.98. The van der Waals surface area contributed by atoms with Crippen molar-refractivity contribution in [3.05, 3.63) is 95.1 Å². The highest BCUT2D eigenvalue weighted by Gasteiger charge is 2.25. The predicted molar refractivity (Wildman–Crippen MR) is 161 cm³/mol. The molecule has 3 aromatic rings. The number of aromatic nitrogens is 1. The summed E-state index contributed by atoms with van der Waals surface area (Å²) in [6, 6.07) is 17.6. The summed E-state index contributed by atoms with van der Waals surface area (Å²) in [5.41, 5.74) is 3.86. The lowest BCUT2D eigenvalue weighted by atomic mass is 9.97. The van der Waals surface area contributed by atoms with Crippen molar-refractivity contribution in [2.24, 2.45) is 0 Å². The molecule has 0 radical (unpaired) electrons. The molecule has 2 aromatic carbocycles. The molecule has 208 valence electrons. The average Bonchev–Trinajstić information content (AvgIpc) is 3.38. The molecule has 2 heterocycles. The first-order valence-electron chi connectivity index (χ1n) is 13.3. The van der Waals surface area contributed by atoms with E-state index in [1.165, 1.54) is 12.1 Å². The maximum atomic E-state index is 13.7. The van der Waals surface area contributed by atoms with Crippen molar-refractivity contribution in [3.63, 3.8) is 0 Å². The molecule has 4 rings (SSSR count). The van der Waals surface area contributed by atoms with Crippen molar-refractivity contribution in [3.8, 4) is 0 Å². The van der Waals surface area contributed by atoms with Gasteiger partial charge < -0.3 is 21.1 Å². The van der Waals surface area contributed by atoms with E-state index < -0.39 is 12.1 Å². The molecule has 6 nitrogen and oxygen atoms in total. The highest BCUT2D eigenvalue weighted by Crippen LogP contribution is 2.23. The number of pyridine rings is 1. The van der Waals surface area contributed by atoms with Gasteiger partial charge in [0.25, 0.3) is 5.91 Å². The van der Waals surface area contributed by atoms with Crippen LogP contribution < -0.4 is 16.0 Å². The van der Waals surface area contributed by atoms with Gasteiger partial charge in [-0.3, -0.25) is 9.78 Å². The van der Waals surface area contributed by atoms with Gasteiger partial charge in [-0.05, 0) is 85.2 Å². The Bertz CT molecular complexity index is 1200. The Labute approximate surface area is 240 Å². The topological polar surface area (TPSA) is 86.3 Å². The molecule has 9 heteroatoms. The third kappa shape index (κ3) is 8.70. The lowest BCUT2D eigenvalue weighted by Gasteiger charge is -2.24. The van der Waals surface area contributed by atoms with E-state index in [0.29, 0.717) is 41.8 Å². The molecule has 0 spiro atoms. The summed E-state index contributed by atoms with van der Waals surface area (Å²) in [4.78, 5) is 18.0. The van der Waals surface area contributed by atoms with Gasteiger partial charge in [-0.15, -0.1) is 0 Å². The van der Waals surface area contributed by atoms with Crippen LogP contribution in [-0.2, 0) is 12.8 Å². The Hall–Kier alpha value is -2.59. The second-order valence-corrected chi connectivity index (χ2v) is 11.7. The van der Waals surface area contributed by atoms with E-state index in [-0.39, 0.29) is 11.7 Å². The Kier molecular flexibility index (Phi) is 11.1. The summed E-state index contributed by atoms with van der Waals surface area (Å²) in [5, 5.41) is 21.5. The van der Waals surface area contributed by atoms with Crippen LogP contribution in [0, 0.1) is 5.82 Å². The second kappa shape index (κ2) is 14.7. The maximum absolute atomic E-state index is 13.7. The first-order chi connectivity index (χ1) is 18.9. The molecular formula is C30H37FN4O2S2. The van der Waals surface area contributed by atoms with E-state index in [9.17, 15) is 14.3 Å². The number of benzene rings is 2. The largest absolute Gasteiger partial charge is 0.385 e. The number of thiol groups is 1. The summed E-state index contributed by atoms with van der Waals surface area (Å²) in [5.74, 6) is 0.287. The van der Waals surface area contributed by atoms with Gasteiger partial charge in [0, 0.05) is 41.8 Å². The molecule has 0 bridgehead atoms. The predicted octanol–water partition coefficient (Wildman–Crippen LogP) is 4.66. The zero-order valence-corrected chi connectivity index (χ0v) is 23.9. The summed E-state index contributed by atoms with van der Waals surface area (Å²) >= 11 is 6.22. The second-order valence-electron chi connectivity index (χ2n) is 9.93. The fourth-order valence-electron chi connectivity index (χ4n) is 4.80. The average molecular weight is 569 g/mol. The van der Waals surface area contributed by atoms with Gasteiger partial charge in [-0.25, -0.2) is 4.39 Å². The fraction of sp³-hybridized carbons (Fsp3) is 0.400. The fourth-order valence-corrected chi connectivity index (χ4v) is 5.65. The lowest BCUT2D eigenvalue weighted by molar-refractivity contribution is 0.0820. The van der Waals surface area contributed by atoms with Crippen molar-refractivity contribution in [2.45, 2.75) is 49.1 Å². The van der Waals surface area contributed by atoms with Gasteiger partial charge >= 0.3 is 0 Å². The highest BCUT2D eigenvalue weighted by atomic mass is 32.2. The minimum Gasteiger partial charge on any atom is -0.385 e. The smallest absolute Gasteiger partial charge is 0.251 e. The number of nitrogens with zero attached hydrogens (tertiary/aromatic N) is 1. The van der Waals surface area contributed by atoms with Crippen molar-refractivity contribution >= 4 is 36.0 Å². The van der Waals surface area contributed by atoms with Crippen LogP contribution in [-0.4, -0.2) is 58.4 Å². The number of hydrogen-bond donors (Lipinski definition) is 5. The Morgan fingerprint density at radius 1 is 1.21 bits per heavy atom. The molecule has 1 aliphatic heterocycles. The van der Waals surface area contributed by atoms with E-state index in [1.54, 1.807) is 42.2 Å². The third-order valence-corrected chi connectivity index (χ3v) is 8.06. The number of nitrogens with one attached hydrogen (secondary N) is 3.